The fourth-order valence-corrected chi connectivity index (χ4v) is 6.88. The van der Waals surface area contributed by atoms with Gasteiger partial charge in [0.05, 0.1) is 20.3 Å². The zero-order chi connectivity index (χ0) is 28.3. The third kappa shape index (κ3) is 6.04. The van der Waals surface area contributed by atoms with Crippen LogP contribution in [0.1, 0.15) is 70.0 Å². The molecule has 8 heteroatoms. The topological polar surface area (TPSA) is 88.1 Å². The van der Waals surface area contributed by atoms with Crippen LogP contribution in [0.15, 0.2) is 42.5 Å². The number of rotatable bonds is 8. The van der Waals surface area contributed by atoms with Gasteiger partial charge in [0.25, 0.3) is 0 Å². The summed E-state index contributed by atoms with van der Waals surface area (Å²) in [7, 11) is 3.15. The van der Waals surface area contributed by atoms with Gasteiger partial charge in [-0.05, 0) is 29.9 Å². The summed E-state index contributed by atoms with van der Waals surface area (Å²) >= 11 is 6.40. The number of benzene rings is 2. The Balaban J connectivity index is 1.82. The van der Waals surface area contributed by atoms with E-state index in [2.05, 4.69) is 26.1 Å². The number of carboxylic acid groups (broad SMARTS) is 1. The van der Waals surface area contributed by atoms with Crippen LogP contribution in [0.3, 0.4) is 0 Å². The monoisotopic (exact) mass is 556 g/mol. The molecule has 2 aromatic rings. The van der Waals surface area contributed by atoms with E-state index in [1.54, 1.807) is 25.2 Å². The molecule has 2 aliphatic rings. The first kappa shape index (κ1) is 29.2. The van der Waals surface area contributed by atoms with Gasteiger partial charge in [-0.2, -0.15) is 0 Å². The van der Waals surface area contributed by atoms with Gasteiger partial charge in [-0.25, -0.2) is 4.79 Å². The minimum atomic E-state index is -0.966. The first-order chi connectivity index (χ1) is 18.6. The summed E-state index contributed by atoms with van der Waals surface area (Å²) in [6.45, 7) is 6.53. The molecule has 1 amide bonds. The molecule has 4 rings (SSSR count). The van der Waals surface area contributed by atoms with Gasteiger partial charge in [0.2, 0.25) is 5.91 Å². The van der Waals surface area contributed by atoms with Crippen LogP contribution in [-0.2, 0) is 16.1 Å². The molecule has 1 saturated heterocycles. The number of ether oxygens (including phenoxy) is 2. The number of nitrogens with zero attached hydrogens (tertiary/aromatic N) is 1. The fraction of sp³-hybridized carbons (Fsp3) is 0.548. The van der Waals surface area contributed by atoms with E-state index < -0.39 is 23.5 Å². The van der Waals surface area contributed by atoms with Crippen LogP contribution >= 0.6 is 11.6 Å². The van der Waals surface area contributed by atoms with Crippen LogP contribution in [0, 0.1) is 17.3 Å². The number of aliphatic carboxylic acids is 1. The lowest BCUT2D eigenvalue weighted by atomic mass is 9.72. The highest BCUT2D eigenvalue weighted by Crippen LogP contribution is 2.49. The minimum absolute atomic E-state index is 0.0449. The van der Waals surface area contributed by atoms with Gasteiger partial charge < -0.3 is 24.8 Å². The van der Waals surface area contributed by atoms with Gasteiger partial charge >= 0.3 is 5.97 Å². The Morgan fingerprint density at radius 2 is 1.72 bits per heavy atom. The van der Waals surface area contributed by atoms with E-state index in [0.29, 0.717) is 23.1 Å². The van der Waals surface area contributed by atoms with Crippen molar-refractivity contribution in [3.63, 3.8) is 0 Å². The molecule has 0 spiro atoms. The highest BCUT2D eigenvalue weighted by Gasteiger charge is 2.58. The molecular weight excluding hydrogens is 516 g/mol. The number of methoxy groups -OCH3 is 2. The standard InChI is InChI=1S/C31H41ClN2O5/c1-31(2,3)24-25(33-18-21-16-22(32)17-23(38-4)28(21)39-5)26(19-12-8-6-9-13-19)34(27(24)30(36)37)29(35)20-14-10-7-11-15-20/h6,8-9,12-13,16-17,20,24-27,33H,7,10-11,14-15,18H2,1-5H3,(H,36,37)/t24-,25-,26-,27-/m1/s1. The largest absolute Gasteiger partial charge is 0.493 e. The van der Waals surface area contributed by atoms with Gasteiger partial charge in [0.1, 0.15) is 6.04 Å². The van der Waals surface area contributed by atoms with Crippen molar-refractivity contribution in [1.29, 1.82) is 0 Å². The van der Waals surface area contributed by atoms with Crippen molar-refractivity contribution in [3.8, 4) is 11.5 Å². The van der Waals surface area contributed by atoms with Crippen LogP contribution in [-0.4, -0.2) is 48.2 Å². The van der Waals surface area contributed by atoms with Crippen molar-refractivity contribution in [2.24, 2.45) is 17.3 Å². The lowest BCUT2D eigenvalue weighted by Crippen LogP contribution is -2.49. The lowest BCUT2D eigenvalue weighted by Gasteiger charge is -2.36. The van der Waals surface area contributed by atoms with E-state index in [1.807, 2.05) is 36.4 Å². The Labute approximate surface area is 236 Å². The number of halogens is 1. The Kier molecular flexibility index (Phi) is 9.12. The molecule has 0 radical (unpaired) electrons. The van der Waals surface area contributed by atoms with Crippen molar-refractivity contribution in [1.82, 2.24) is 10.2 Å². The zero-order valence-corrected chi connectivity index (χ0v) is 24.3. The fourth-order valence-electron chi connectivity index (χ4n) is 6.65. The van der Waals surface area contributed by atoms with Gasteiger partial charge in [-0.15, -0.1) is 0 Å². The molecule has 0 bridgehead atoms. The first-order valence-corrected chi connectivity index (χ1v) is 14.2. The van der Waals surface area contributed by atoms with E-state index in [1.165, 1.54) is 0 Å². The van der Waals surface area contributed by atoms with E-state index in [-0.39, 0.29) is 23.8 Å². The molecule has 212 valence electrons. The molecule has 2 N–H and O–H groups in total. The number of hydrogen-bond acceptors (Lipinski definition) is 5. The van der Waals surface area contributed by atoms with Crippen LogP contribution in [0.2, 0.25) is 5.02 Å². The number of hydrogen-bond donors (Lipinski definition) is 2. The molecule has 1 aliphatic carbocycles. The zero-order valence-electron chi connectivity index (χ0n) is 23.6. The Morgan fingerprint density at radius 3 is 2.28 bits per heavy atom. The molecular formula is C31H41ClN2O5. The van der Waals surface area contributed by atoms with Crippen molar-refractivity contribution in [2.75, 3.05) is 14.2 Å². The summed E-state index contributed by atoms with van der Waals surface area (Å²) in [6.07, 6.45) is 4.73. The molecule has 1 heterocycles. The summed E-state index contributed by atoms with van der Waals surface area (Å²) in [5.74, 6) is -0.426. The number of carboxylic acids is 1. The number of nitrogens with one attached hydrogen (secondary N) is 1. The Bertz CT molecular complexity index is 1160. The second kappa shape index (κ2) is 12.2. The minimum Gasteiger partial charge on any atom is -0.493 e. The van der Waals surface area contributed by atoms with Gasteiger partial charge in [0.15, 0.2) is 11.5 Å². The molecule has 2 aromatic carbocycles. The number of likely N-dealkylation sites (tertiary alicyclic amines) is 1. The van der Waals surface area contributed by atoms with Crippen LogP contribution in [0.4, 0.5) is 0 Å². The summed E-state index contributed by atoms with van der Waals surface area (Å²) < 4.78 is 11.2. The van der Waals surface area contributed by atoms with Gasteiger partial charge in [-0.3, -0.25) is 4.79 Å². The number of carbonyl (C=O) groups is 2. The molecule has 4 atom stereocenters. The Hall–Kier alpha value is -2.77. The SMILES string of the molecule is COc1cc(Cl)cc(CN[C@@H]2[C@@H](C(C)(C)C)[C@H](C(=O)O)N(C(=O)C3CCCCC3)[C@@H]2c2ccccc2)c1OC. The van der Waals surface area contributed by atoms with Gasteiger partial charge in [-0.1, -0.05) is 82.0 Å². The maximum absolute atomic E-state index is 14.2. The van der Waals surface area contributed by atoms with Gasteiger partial charge in [0, 0.05) is 41.1 Å². The number of amides is 1. The van der Waals surface area contributed by atoms with E-state index in [0.717, 1.165) is 43.2 Å². The first-order valence-electron chi connectivity index (χ1n) is 13.8. The Morgan fingerprint density at radius 1 is 1.05 bits per heavy atom. The highest BCUT2D eigenvalue weighted by atomic mass is 35.5. The third-order valence-electron chi connectivity index (χ3n) is 8.32. The number of carbonyl (C=O) groups excluding carboxylic acids is 1. The maximum Gasteiger partial charge on any atom is 0.326 e. The van der Waals surface area contributed by atoms with E-state index in [4.69, 9.17) is 21.1 Å². The lowest BCUT2D eigenvalue weighted by molar-refractivity contribution is -0.154. The molecule has 1 aliphatic heterocycles. The van der Waals surface area contributed by atoms with E-state index >= 15 is 0 Å². The molecule has 39 heavy (non-hydrogen) atoms. The van der Waals surface area contributed by atoms with Crippen molar-refractivity contribution in [2.45, 2.75) is 77.5 Å². The van der Waals surface area contributed by atoms with Crippen molar-refractivity contribution >= 4 is 23.5 Å². The predicted octanol–water partition coefficient (Wildman–Crippen LogP) is 6.09. The summed E-state index contributed by atoms with van der Waals surface area (Å²) in [4.78, 5) is 28.9. The van der Waals surface area contributed by atoms with E-state index in [9.17, 15) is 14.7 Å². The normalized spacial score (nSPS) is 24.0. The third-order valence-corrected chi connectivity index (χ3v) is 8.54. The highest BCUT2D eigenvalue weighted by molar-refractivity contribution is 6.30. The summed E-state index contributed by atoms with van der Waals surface area (Å²) in [6, 6.07) is 11.6. The van der Waals surface area contributed by atoms with Crippen LogP contribution in [0.5, 0.6) is 11.5 Å². The average Bonchev–Trinajstić information content (AvgIpc) is 3.28. The average molecular weight is 557 g/mol. The molecule has 7 nitrogen and oxygen atoms in total. The smallest absolute Gasteiger partial charge is 0.326 e. The molecule has 0 aromatic heterocycles. The van der Waals surface area contributed by atoms with Crippen LogP contribution < -0.4 is 14.8 Å². The second-order valence-corrected chi connectivity index (χ2v) is 12.3. The van der Waals surface area contributed by atoms with Crippen LogP contribution in [0.25, 0.3) is 0 Å². The molecule has 1 saturated carbocycles. The molecule has 2 fully saturated rings. The quantitative estimate of drug-likeness (QED) is 0.409. The summed E-state index contributed by atoms with van der Waals surface area (Å²) in [5.41, 5.74) is 1.31. The predicted molar refractivity (Wildman–Crippen MR) is 152 cm³/mol. The molecule has 0 unspecified atom stereocenters. The van der Waals surface area contributed by atoms with Crippen molar-refractivity contribution in [3.05, 3.63) is 58.6 Å². The summed E-state index contributed by atoms with van der Waals surface area (Å²) in [5, 5.41) is 14.8. The van der Waals surface area contributed by atoms with Crippen molar-refractivity contribution < 1.29 is 24.2 Å². The second-order valence-electron chi connectivity index (χ2n) is 11.8. The maximum atomic E-state index is 14.2.